The van der Waals surface area contributed by atoms with Gasteiger partial charge in [0.1, 0.15) is 6.04 Å². The van der Waals surface area contributed by atoms with E-state index in [0.29, 0.717) is 41.1 Å². The van der Waals surface area contributed by atoms with Crippen LogP contribution in [0.5, 0.6) is 0 Å². The van der Waals surface area contributed by atoms with Crippen molar-refractivity contribution in [2.45, 2.75) is 51.4 Å². The summed E-state index contributed by atoms with van der Waals surface area (Å²) in [5, 5.41) is 4.32. The summed E-state index contributed by atoms with van der Waals surface area (Å²) in [6.45, 7) is 5.02. The molecule has 0 saturated carbocycles. The lowest BCUT2D eigenvalue weighted by molar-refractivity contribution is -0.139. The highest BCUT2D eigenvalue weighted by Crippen LogP contribution is 2.19. The maximum atomic E-state index is 13.2. The van der Waals surface area contributed by atoms with E-state index in [4.69, 9.17) is 23.2 Å². The van der Waals surface area contributed by atoms with Gasteiger partial charge < -0.3 is 10.2 Å². The fourth-order valence-electron chi connectivity index (χ4n) is 3.13. The number of hydrogen-bond acceptors (Lipinski definition) is 3. The molecule has 2 rings (SSSR count). The summed E-state index contributed by atoms with van der Waals surface area (Å²) < 4.78 is 0. The highest BCUT2D eigenvalue weighted by molar-refractivity contribution is 7.99. The van der Waals surface area contributed by atoms with Crippen molar-refractivity contribution in [1.29, 1.82) is 0 Å². The minimum Gasteiger partial charge on any atom is -0.354 e. The molecule has 0 aliphatic rings. The van der Waals surface area contributed by atoms with Crippen molar-refractivity contribution in [2.24, 2.45) is 0 Å². The predicted octanol–water partition coefficient (Wildman–Crippen LogP) is 5.95. The van der Waals surface area contributed by atoms with Gasteiger partial charge in [0, 0.05) is 28.9 Å². The second-order valence-electron chi connectivity index (χ2n) is 7.34. The van der Waals surface area contributed by atoms with Gasteiger partial charge in [0.2, 0.25) is 11.8 Å². The fraction of sp³-hybridized carbons (Fsp3) is 0.417. The quantitative estimate of drug-likeness (QED) is 0.381. The zero-order valence-electron chi connectivity index (χ0n) is 18.1. The van der Waals surface area contributed by atoms with E-state index in [-0.39, 0.29) is 11.8 Å². The van der Waals surface area contributed by atoms with Gasteiger partial charge in [-0.3, -0.25) is 9.59 Å². The van der Waals surface area contributed by atoms with Crippen LogP contribution < -0.4 is 5.32 Å². The molecule has 7 heteroatoms. The Bertz CT molecular complexity index is 828. The number of thioether (sulfide) groups is 1. The zero-order chi connectivity index (χ0) is 22.6. The Balaban J connectivity index is 2.08. The molecule has 0 aliphatic heterocycles. The van der Waals surface area contributed by atoms with E-state index in [1.807, 2.05) is 43.3 Å². The molecule has 1 N–H and O–H groups in total. The second kappa shape index (κ2) is 13.7. The van der Waals surface area contributed by atoms with Gasteiger partial charge in [-0.15, -0.1) is 11.8 Å². The van der Waals surface area contributed by atoms with Crippen LogP contribution in [0.25, 0.3) is 0 Å². The average Bonchev–Trinajstić information content (AvgIpc) is 2.76. The van der Waals surface area contributed by atoms with Crippen LogP contribution in [-0.4, -0.2) is 35.1 Å². The normalized spacial score (nSPS) is 11.7. The molecule has 0 fully saturated rings. The largest absolute Gasteiger partial charge is 0.354 e. The number of benzene rings is 2. The van der Waals surface area contributed by atoms with Crippen LogP contribution in [0.2, 0.25) is 10.0 Å². The van der Waals surface area contributed by atoms with Gasteiger partial charge in [-0.05, 0) is 48.2 Å². The first-order chi connectivity index (χ1) is 14.9. The first-order valence-corrected chi connectivity index (χ1v) is 12.5. The SMILES string of the molecule is CCCCNC(=O)[C@@H](CC)N(Cc1ccc(Cl)cc1)C(=O)CSCc1ccc(Cl)cc1. The molecule has 0 aromatic heterocycles. The summed E-state index contributed by atoms with van der Waals surface area (Å²) in [5.41, 5.74) is 2.05. The lowest BCUT2D eigenvalue weighted by atomic mass is 10.1. The molecule has 0 unspecified atom stereocenters. The lowest BCUT2D eigenvalue weighted by Gasteiger charge is -2.30. The van der Waals surface area contributed by atoms with Crippen molar-refractivity contribution < 1.29 is 9.59 Å². The predicted molar refractivity (Wildman–Crippen MR) is 132 cm³/mol. The van der Waals surface area contributed by atoms with Crippen LogP contribution in [-0.2, 0) is 21.9 Å². The van der Waals surface area contributed by atoms with Crippen molar-refractivity contribution >= 4 is 46.8 Å². The molecular weight excluding hydrogens is 451 g/mol. The van der Waals surface area contributed by atoms with E-state index in [1.54, 1.807) is 17.0 Å². The maximum Gasteiger partial charge on any atom is 0.242 e. The van der Waals surface area contributed by atoms with Crippen molar-refractivity contribution in [3.63, 3.8) is 0 Å². The molecular formula is C24H30Cl2N2O2S. The summed E-state index contributed by atoms with van der Waals surface area (Å²) in [6, 6.07) is 14.5. The van der Waals surface area contributed by atoms with Crippen LogP contribution in [0.15, 0.2) is 48.5 Å². The van der Waals surface area contributed by atoms with Gasteiger partial charge in [-0.2, -0.15) is 0 Å². The average molecular weight is 481 g/mol. The molecule has 0 bridgehead atoms. The van der Waals surface area contributed by atoms with Crippen molar-refractivity contribution in [3.05, 3.63) is 69.7 Å². The van der Waals surface area contributed by atoms with Gasteiger partial charge in [-0.1, -0.05) is 67.7 Å². The number of amides is 2. The fourth-order valence-corrected chi connectivity index (χ4v) is 4.25. The lowest BCUT2D eigenvalue weighted by Crippen LogP contribution is -2.49. The minimum atomic E-state index is -0.504. The van der Waals surface area contributed by atoms with Crippen LogP contribution in [0, 0.1) is 0 Å². The third kappa shape index (κ3) is 8.76. The van der Waals surface area contributed by atoms with E-state index in [0.717, 1.165) is 24.0 Å². The zero-order valence-corrected chi connectivity index (χ0v) is 20.4. The number of unbranched alkanes of at least 4 members (excludes halogenated alkanes) is 1. The summed E-state index contributed by atoms with van der Waals surface area (Å²) in [4.78, 5) is 27.7. The molecule has 2 aromatic carbocycles. The van der Waals surface area contributed by atoms with Gasteiger partial charge in [0.25, 0.3) is 0 Å². The van der Waals surface area contributed by atoms with Crippen LogP contribution in [0.3, 0.4) is 0 Å². The molecule has 168 valence electrons. The number of carbonyl (C=O) groups is 2. The molecule has 2 amide bonds. The van der Waals surface area contributed by atoms with E-state index in [2.05, 4.69) is 12.2 Å². The van der Waals surface area contributed by atoms with Crippen molar-refractivity contribution in [2.75, 3.05) is 12.3 Å². The molecule has 0 radical (unpaired) electrons. The van der Waals surface area contributed by atoms with E-state index >= 15 is 0 Å². The third-order valence-electron chi connectivity index (χ3n) is 4.89. The highest BCUT2D eigenvalue weighted by atomic mass is 35.5. The van der Waals surface area contributed by atoms with Crippen LogP contribution in [0.4, 0.5) is 0 Å². The van der Waals surface area contributed by atoms with Crippen molar-refractivity contribution in [3.8, 4) is 0 Å². The van der Waals surface area contributed by atoms with E-state index < -0.39 is 6.04 Å². The van der Waals surface area contributed by atoms with Crippen LogP contribution in [0.1, 0.15) is 44.2 Å². The summed E-state index contributed by atoms with van der Waals surface area (Å²) in [7, 11) is 0. The molecule has 1 atom stereocenters. The Morgan fingerprint density at radius 1 is 0.968 bits per heavy atom. The standard InChI is InChI=1S/C24H30Cl2N2O2S/c1-3-5-14-27-24(30)22(4-2)28(15-18-6-10-20(25)11-7-18)23(29)17-31-16-19-8-12-21(26)13-9-19/h6-13,22H,3-5,14-17H2,1-2H3,(H,27,30)/t22-/m1/s1. The van der Waals surface area contributed by atoms with Crippen LogP contribution >= 0.6 is 35.0 Å². The smallest absolute Gasteiger partial charge is 0.242 e. The Morgan fingerprint density at radius 3 is 2.10 bits per heavy atom. The van der Waals surface area contributed by atoms with E-state index in [1.165, 1.54) is 11.8 Å². The minimum absolute atomic E-state index is 0.0496. The van der Waals surface area contributed by atoms with Gasteiger partial charge >= 0.3 is 0 Å². The molecule has 0 aliphatic carbocycles. The Kier molecular flexibility index (Phi) is 11.3. The van der Waals surface area contributed by atoms with E-state index in [9.17, 15) is 9.59 Å². The number of carbonyl (C=O) groups excluding carboxylic acids is 2. The molecule has 4 nitrogen and oxygen atoms in total. The number of halogens is 2. The first kappa shape index (κ1) is 25.6. The monoisotopic (exact) mass is 480 g/mol. The molecule has 0 heterocycles. The number of nitrogens with zero attached hydrogens (tertiary/aromatic N) is 1. The molecule has 0 saturated heterocycles. The molecule has 0 spiro atoms. The second-order valence-corrected chi connectivity index (χ2v) is 9.19. The molecule has 2 aromatic rings. The Labute approximate surface area is 199 Å². The summed E-state index contributed by atoms with van der Waals surface area (Å²) in [6.07, 6.45) is 2.48. The highest BCUT2D eigenvalue weighted by Gasteiger charge is 2.28. The Morgan fingerprint density at radius 2 is 1.55 bits per heavy atom. The maximum absolute atomic E-state index is 13.2. The van der Waals surface area contributed by atoms with Gasteiger partial charge in [0.15, 0.2) is 0 Å². The first-order valence-electron chi connectivity index (χ1n) is 10.6. The van der Waals surface area contributed by atoms with Crippen molar-refractivity contribution in [1.82, 2.24) is 10.2 Å². The third-order valence-corrected chi connectivity index (χ3v) is 6.38. The molecule has 31 heavy (non-hydrogen) atoms. The number of hydrogen-bond donors (Lipinski definition) is 1. The number of nitrogens with one attached hydrogen (secondary N) is 1. The number of rotatable bonds is 12. The van der Waals surface area contributed by atoms with Gasteiger partial charge in [-0.25, -0.2) is 0 Å². The van der Waals surface area contributed by atoms with Gasteiger partial charge in [0.05, 0.1) is 5.75 Å². The summed E-state index contributed by atoms with van der Waals surface area (Å²) in [5.74, 6) is 0.860. The Hall–Kier alpha value is -1.69. The topological polar surface area (TPSA) is 49.4 Å². The summed E-state index contributed by atoms with van der Waals surface area (Å²) >= 11 is 13.5.